The molecule has 46 heavy (non-hydrogen) atoms. The summed E-state index contributed by atoms with van der Waals surface area (Å²) in [6, 6.07) is 30.0. The Bertz CT molecular complexity index is 1550. The molecular formula is C34H36B4O8. The third kappa shape index (κ3) is 4.58. The van der Waals surface area contributed by atoms with Gasteiger partial charge >= 0.3 is 28.5 Å². The SMILES string of the molecule is OB(O)c1ccc(C23CC4CC(C2)CC(c2ccc(B(O)O)cc2)(C4)C3(c2ccc(B(O)O)cc2)c2ccc(B(O)O)cc2)cc1. The first-order valence-corrected chi connectivity index (χ1v) is 15.9. The van der Waals surface area contributed by atoms with Gasteiger partial charge in [0.05, 0.1) is 0 Å². The van der Waals surface area contributed by atoms with E-state index < -0.39 is 44.7 Å². The van der Waals surface area contributed by atoms with Gasteiger partial charge in [0.25, 0.3) is 0 Å². The molecule has 4 aliphatic rings. The van der Waals surface area contributed by atoms with Gasteiger partial charge < -0.3 is 40.2 Å². The van der Waals surface area contributed by atoms with Crippen LogP contribution in [0.2, 0.25) is 0 Å². The average Bonchev–Trinajstić information content (AvgIpc) is 3.05. The Morgan fingerprint density at radius 2 is 0.609 bits per heavy atom. The highest BCUT2D eigenvalue weighted by atomic mass is 16.4. The predicted octanol–water partition coefficient (Wildman–Crippen LogP) is -1.21. The molecule has 0 amide bonds. The van der Waals surface area contributed by atoms with Crippen molar-refractivity contribution in [2.45, 2.75) is 48.3 Å². The van der Waals surface area contributed by atoms with Crippen molar-refractivity contribution in [3.8, 4) is 0 Å². The van der Waals surface area contributed by atoms with Crippen molar-refractivity contribution in [3.63, 3.8) is 0 Å². The molecule has 0 unspecified atom stereocenters. The first-order valence-electron chi connectivity index (χ1n) is 15.9. The summed E-state index contributed by atoms with van der Waals surface area (Å²) < 4.78 is 0. The van der Waals surface area contributed by atoms with E-state index in [0.717, 1.165) is 54.4 Å². The van der Waals surface area contributed by atoms with E-state index >= 15 is 0 Å². The molecule has 4 aromatic rings. The molecule has 0 aromatic heterocycles. The fourth-order valence-corrected chi connectivity index (χ4v) is 10.1. The van der Waals surface area contributed by atoms with Crippen molar-refractivity contribution in [1.29, 1.82) is 0 Å². The van der Waals surface area contributed by atoms with E-state index in [9.17, 15) is 40.2 Å². The van der Waals surface area contributed by atoms with E-state index in [-0.39, 0.29) is 0 Å². The summed E-state index contributed by atoms with van der Waals surface area (Å²) in [4.78, 5) is 0. The third-order valence-corrected chi connectivity index (χ3v) is 11.5. The van der Waals surface area contributed by atoms with Crippen LogP contribution >= 0.6 is 0 Å². The minimum Gasteiger partial charge on any atom is -0.423 e. The molecule has 4 aromatic carbocycles. The van der Waals surface area contributed by atoms with E-state index in [1.54, 1.807) is 48.5 Å². The van der Waals surface area contributed by atoms with E-state index in [1.807, 2.05) is 48.5 Å². The summed E-state index contributed by atoms with van der Waals surface area (Å²) in [5, 5.41) is 79.8. The normalized spacial score (nSPS) is 25.7. The van der Waals surface area contributed by atoms with Crippen LogP contribution in [0.25, 0.3) is 0 Å². The quantitative estimate of drug-likeness (QED) is 0.115. The van der Waals surface area contributed by atoms with Crippen LogP contribution in [0.1, 0.15) is 54.4 Å². The fourth-order valence-electron chi connectivity index (χ4n) is 10.1. The zero-order chi connectivity index (χ0) is 32.4. The second kappa shape index (κ2) is 11.5. The van der Waals surface area contributed by atoms with Crippen molar-refractivity contribution in [2.75, 3.05) is 0 Å². The molecule has 8 nitrogen and oxygen atoms in total. The molecule has 4 bridgehead atoms. The Morgan fingerprint density at radius 3 is 0.848 bits per heavy atom. The first-order chi connectivity index (χ1) is 22.0. The highest BCUT2D eigenvalue weighted by molar-refractivity contribution is 6.59. The Hall–Kier alpha value is -3.18. The van der Waals surface area contributed by atoms with Gasteiger partial charge in [0, 0.05) is 16.2 Å². The van der Waals surface area contributed by atoms with Gasteiger partial charge in [-0.15, -0.1) is 0 Å². The first kappa shape index (κ1) is 31.4. The van der Waals surface area contributed by atoms with Crippen molar-refractivity contribution in [3.05, 3.63) is 119 Å². The lowest BCUT2D eigenvalue weighted by atomic mass is 9.29. The van der Waals surface area contributed by atoms with E-state index in [1.165, 1.54) is 0 Å². The van der Waals surface area contributed by atoms with Crippen LogP contribution in [0, 0.1) is 11.8 Å². The Labute approximate surface area is 269 Å². The maximum Gasteiger partial charge on any atom is 0.488 e. The van der Waals surface area contributed by atoms with Gasteiger partial charge in [0.1, 0.15) is 0 Å². The summed E-state index contributed by atoms with van der Waals surface area (Å²) >= 11 is 0. The zero-order valence-corrected chi connectivity index (χ0v) is 25.3. The van der Waals surface area contributed by atoms with Gasteiger partial charge in [-0.05, 0) is 88.0 Å². The van der Waals surface area contributed by atoms with Crippen LogP contribution in [0.4, 0.5) is 0 Å². The minimum atomic E-state index is -1.63. The van der Waals surface area contributed by atoms with Crippen LogP contribution in [0.15, 0.2) is 97.1 Å². The van der Waals surface area contributed by atoms with Crippen molar-refractivity contribution < 1.29 is 40.2 Å². The maximum absolute atomic E-state index is 10.0. The molecule has 0 radical (unpaired) electrons. The van der Waals surface area contributed by atoms with Crippen LogP contribution in [0.5, 0.6) is 0 Å². The van der Waals surface area contributed by atoms with Crippen LogP contribution in [-0.4, -0.2) is 68.7 Å². The van der Waals surface area contributed by atoms with Gasteiger partial charge in [0.2, 0.25) is 0 Å². The van der Waals surface area contributed by atoms with E-state index in [0.29, 0.717) is 33.7 Å². The van der Waals surface area contributed by atoms with Crippen molar-refractivity contribution in [2.24, 2.45) is 11.8 Å². The maximum atomic E-state index is 10.0. The Balaban J connectivity index is 1.59. The van der Waals surface area contributed by atoms with Crippen LogP contribution in [0.3, 0.4) is 0 Å². The summed E-state index contributed by atoms with van der Waals surface area (Å²) in [6.45, 7) is 0. The topological polar surface area (TPSA) is 162 Å². The number of hydrogen-bond donors (Lipinski definition) is 8. The molecule has 232 valence electrons. The lowest BCUT2D eigenvalue weighted by Gasteiger charge is -2.74. The zero-order valence-electron chi connectivity index (χ0n) is 25.3. The average molecular weight is 616 g/mol. The van der Waals surface area contributed by atoms with Gasteiger partial charge in [-0.3, -0.25) is 0 Å². The molecule has 4 aliphatic carbocycles. The number of benzene rings is 4. The second-order valence-corrected chi connectivity index (χ2v) is 13.7. The van der Waals surface area contributed by atoms with E-state index in [2.05, 4.69) is 0 Å². The summed E-state index contributed by atoms with van der Waals surface area (Å²) in [5.74, 6) is 0.785. The molecule has 4 saturated carbocycles. The molecule has 0 heterocycles. The monoisotopic (exact) mass is 616 g/mol. The summed E-state index contributed by atoms with van der Waals surface area (Å²) in [7, 11) is -6.47. The molecule has 0 spiro atoms. The third-order valence-electron chi connectivity index (χ3n) is 11.5. The minimum absolute atomic E-state index is 0.368. The smallest absolute Gasteiger partial charge is 0.423 e. The standard InChI is InChI=1S/C34H36B4O8/c39-35(40)28-9-1-24(2-10-28)32-18-22-17-23(19-32)21-33(20-22,25-3-11-29(12-4-25)36(41)42)34(32,26-5-13-30(14-6-26)37(43)44)27-7-15-31(16-8-27)38(45)46/h1-16,22-23,39-46H,17-21H2. The number of hydrogen-bond acceptors (Lipinski definition) is 8. The van der Waals surface area contributed by atoms with Gasteiger partial charge in [-0.2, -0.15) is 0 Å². The summed E-state index contributed by atoms with van der Waals surface area (Å²) in [6.07, 6.45) is 4.58. The molecular weight excluding hydrogens is 580 g/mol. The lowest BCUT2D eigenvalue weighted by molar-refractivity contribution is -0.0904. The summed E-state index contributed by atoms with van der Waals surface area (Å²) in [5.41, 5.74) is 3.86. The molecule has 0 atom stereocenters. The molecule has 8 rings (SSSR count). The van der Waals surface area contributed by atoms with E-state index in [4.69, 9.17) is 0 Å². The van der Waals surface area contributed by atoms with Crippen LogP contribution < -0.4 is 21.9 Å². The van der Waals surface area contributed by atoms with Gasteiger partial charge in [-0.25, -0.2) is 0 Å². The highest BCUT2D eigenvalue weighted by Gasteiger charge is 2.73. The molecule has 12 heteroatoms. The lowest BCUT2D eigenvalue weighted by Crippen LogP contribution is -2.72. The van der Waals surface area contributed by atoms with Gasteiger partial charge in [0.15, 0.2) is 0 Å². The fraction of sp³-hybridized carbons (Fsp3) is 0.294. The Morgan fingerprint density at radius 1 is 0.370 bits per heavy atom. The largest absolute Gasteiger partial charge is 0.488 e. The molecule has 4 fully saturated rings. The highest BCUT2D eigenvalue weighted by Crippen LogP contribution is 2.76. The molecule has 8 N–H and O–H groups in total. The van der Waals surface area contributed by atoms with Crippen molar-refractivity contribution >= 4 is 50.3 Å². The Kier molecular flexibility index (Phi) is 7.86. The van der Waals surface area contributed by atoms with Crippen LogP contribution in [-0.2, 0) is 16.2 Å². The second-order valence-electron chi connectivity index (χ2n) is 13.7. The number of rotatable bonds is 8. The van der Waals surface area contributed by atoms with Gasteiger partial charge in [-0.1, -0.05) is 97.1 Å². The van der Waals surface area contributed by atoms with Crippen molar-refractivity contribution in [1.82, 2.24) is 0 Å². The molecule has 0 saturated heterocycles. The molecule has 0 aliphatic heterocycles. The predicted molar refractivity (Wildman–Crippen MR) is 179 cm³/mol.